The predicted octanol–water partition coefficient (Wildman–Crippen LogP) is 2.01. The highest BCUT2D eigenvalue weighted by atomic mass is 35.5. The van der Waals surface area contributed by atoms with E-state index >= 15 is 0 Å². The van der Waals surface area contributed by atoms with Crippen LogP contribution in [0.25, 0.3) is 0 Å². The van der Waals surface area contributed by atoms with E-state index in [1.807, 2.05) is 6.19 Å². The number of benzene rings is 1. The number of nitriles is 1. The van der Waals surface area contributed by atoms with Gasteiger partial charge in [0.1, 0.15) is 4.90 Å². The van der Waals surface area contributed by atoms with Gasteiger partial charge in [0, 0.05) is 24.8 Å². The van der Waals surface area contributed by atoms with E-state index in [-0.39, 0.29) is 11.6 Å². The van der Waals surface area contributed by atoms with Crippen LogP contribution in [-0.2, 0) is 14.8 Å². The first-order valence-corrected chi connectivity index (χ1v) is 9.27. The van der Waals surface area contributed by atoms with Crippen molar-refractivity contribution >= 4 is 33.2 Å². The molecule has 0 aliphatic carbocycles. The Balaban J connectivity index is 2.22. The summed E-state index contributed by atoms with van der Waals surface area (Å²) in [6, 6.07) is 2.21. The van der Waals surface area contributed by atoms with Gasteiger partial charge in [-0.05, 0) is 24.6 Å². The molecular formula is C14H13ClF4N4O3S. The number of hydrogen-bond donors (Lipinski definition) is 2. The van der Waals surface area contributed by atoms with Gasteiger partial charge in [-0.3, -0.25) is 4.79 Å². The zero-order chi connectivity index (χ0) is 20.4. The number of amides is 1. The van der Waals surface area contributed by atoms with Gasteiger partial charge in [0.05, 0.1) is 5.02 Å². The molecule has 1 aliphatic rings. The Morgan fingerprint density at radius 1 is 1.41 bits per heavy atom. The van der Waals surface area contributed by atoms with Crippen LogP contribution in [0.1, 0.15) is 6.42 Å². The highest BCUT2D eigenvalue weighted by Gasteiger charge is 2.49. The summed E-state index contributed by atoms with van der Waals surface area (Å²) in [6.45, 7) is 0.501. The van der Waals surface area contributed by atoms with Gasteiger partial charge in [-0.15, -0.1) is 0 Å². The zero-order valence-corrected chi connectivity index (χ0v) is 15.0. The number of nitrogens with one attached hydrogen (secondary N) is 2. The second-order valence-electron chi connectivity index (χ2n) is 5.68. The van der Waals surface area contributed by atoms with Gasteiger partial charge in [0.15, 0.2) is 6.19 Å². The predicted molar refractivity (Wildman–Crippen MR) is 86.9 cm³/mol. The molecule has 1 aliphatic heterocycles. The number of sulfonamides is 1. The second-order valence-corrected chi connectivity index (χ2v) is 7.77. The van der Waals surface area contributed by atoms with Crippen molar-refractivity contribution in [1.29, 1.82) is 5.26 Å². The fourth-order valence-corrected chi connectivity index (χ4v) is 4.12. The molecule has 1 saturated heterocycles. The number of likely N-dealkylation sites (tertiary alicyclic amines) is 1. The van der Waals surface area contributed by atoms with Crippen LogP contribution in [0, 0.1) is 11.5 Å². The number of nitrogens with zero attached hydrogens (tertiary/aromatic N) is 2. The summed E-state index contributed by atoms with van der Waals surface area (Å²) in [6.07, 6.45) is -1.98. The van der Waals surface area contributed by atoms with Gasteiger partial charge >= 0.3 is 18.3 Å². The molecule has 0 bridgehead atoms. The minimum absolute atomic E-state index is 0.143. The third kappa shape index (κ3) is 4.79. The summed E-state index contributed by atoms with van der Waals surface area (Å²) in [5, 5.41) is 10.1. The Labute approximate surface area is 156 Å². The van der Waals surface area contributed by atoms with Crippen molar-refractivity contribution in [2.75, 3.05) is 18.4 Å². The lowest BCUT2D eigenvalue weighted by atomic mass is 10.2. The molecule has 13 heteroatoms. The molecule has 1 aromatic carbocycles. The summed E-state index contributed by atoms with van der Waals surface area (Å²) in [7, 11) is -4.22. The number of hydrogen-bond acceptors (Lipinski definition) is 5. The first-order valence-electron chi connectivity index (χ1n) is 7.41. The van der Waals surface area contributed by atoms with Crippen LogP contribution in [-0.4, -0.2) is 50.7 Å². The average Bonchev–Trinajstić information content (AvgIpc) is 3.03. The molecule has 0 saturated carbocycles. The Morgan fingerprint density at radius 2 is 2.07 bits per heavy atom. The van der Waals surface area contributed by atoms with Crippen LogP contribution in [0.2, 0.25) is 5.02 Å². The maximum atomic E-state index is 13.0. The van der Waals surface area contributed by atoms with E-state index < -0.39 is 44.9 Å². The molecule has 0 unspecified atom stereocenters. The summed E-state index contributed by atoms with van der Waals surface area (Å²) in [5.41, 5.74) is -0.449. The van der Waals surface area contributed by atoms with Crippen molar-refractivity contribution in [2.24, 2.45) is 0 Å². The van der Waals surface area contributed by atoms with Crippen LogP contribution in [0.3, 0.4) is 0 Å². The topological polar surface area (TPSA) is 102 Å². The molecule has 2 rings (SSSR count). The van der Waals surface area contributed by atoms with Crippen molar-refractivity contribution in [1.82, 2.24) is 9.62 Å². The molecule has 1 fully saturated rings. The lowest BCUT2D eigenvalue weighted by Crippen LogP contribution is -2.41. The van der Waals surface area contributed by atoms with Crippen LogP contribution < -0.4 is 10.0 Å². The Hall–Kier alpha value is -2.10. The lowest BCUT2D eigenvalue weighted by Gasteiger charge is -2.17. The molecule has 2 N–H and O–H groups in total. The highest BCUT2D eigenvalue weighted by Crippen LogP contribution is 2.28. The van der Waals surface area contributed by atoms with Gasteiger partial charge in [-0.2, -0.15) is 14.0 Å². The quantitative estimate of drug-likeness (QED) is 0.533. The number of anilines is 1. The highest BCUT2D eigenvalue weighted by molar-refractivity contribution is 7.89. The van der Waals surface area contributed by atoms with Gasteiger partial charge in [-0.25, -0.2) is 21.9 Å². The van der Waals surface area contributed by atoms with Gasteiger partial charge in [0.25, 0.3) is 0 Å². The third-order valence-electron chi connectivity index (χ3n) is 3.71. The minimum Gasteiger partial charge on any atom is -0.321 e. The number of rotatable bonds is 6. The van der Waals surface area contributed by atoms with E-state index in [1.54, 1.807) is 5.32 Å². The second kappa shape index (κ2) is 7.87. The summed E-state index contributed by atoms with van der Waals surface area (Å²) in [4.78, 5) is 12.1. The first-order chi connectivity index (χ1) is 12.5. The Bertz CT molecular complexity index is 876. The molecule has 27 heavy (non-hydrogen) atoms. The van der Waals surface area contributed by atoms with Crippen LogP contribution in [0.5, 0.6) is 0 Å². The Kier molecular flexibility index (Phi) is 6.18. The third-order valence-corrected chi connectivity index (χ3v) is 5.71. The number of halogens is 5. The fourth-order valence-electron chi connectivity index (χ4n) is 2.33. The van der Waals surface area contributed by atoms with Gasteiger partial charge in [0.2, 0.25) is 10.0 Å². The van der Waals surface area contributed by atoms with Crippen molar-refractivity contribution < 1.29 is 30.8 Å². The molecule has 1 aromatic rings. The summed E-state index contributed by atoms with van der Waals surface area (Å²) >= 11 is 5.84. The molecule has 1 heterocycles. The molecule has 0 radical (unpaired) electrons. The van der Waals surface area contributed by atoms with E-state index in [2.05, 4.69) is 4.72 Å². The minimum atomic E-state index is -4.94. The van der Waals surface area contributed by atoms with E-state index in [1.165, 1.54) is 4.90 Å². The van der Waals surface area contributed by atoms with E-state index in [9.17, 15) is 30.8 Å². The zero-order valence-electron chi connectivity index (χ0n) is 13.4. The molecule has 148 valence electrons. The van der Waals surface area contributed by atoms with Crippen LogP contribution in [0.15, 0.2) is 23.1 Å². The molecule has 1 amide bonds. The van der Waals surface area contributed by atoms with Crippen LogP contribution in [0.4, 0.5) is 23.2 Å². The normalized spacial score (nSPS) is 17.8. The van der Waals surface area contributed by atoms with Crippen molar-refractivity contribution in [3.05, 3.63) is 23.2 Å². The maximum absolute atomic E-state index is 13.0. The van der Waals surface area contributed by atoms with E-state index in [0.29, 0.717) is 13.0 Å². The average molecular weight is 429 g/mol. The smallest absolute Gasteiger partial charge is 0.321 e. The molecule has 1 atom stereocenters. The van der Waals surface area contributed by atoms with E-state index in [4.69, 9.17) is 16.9 Å². The monoisotopic (exact) mass is 428 g/mol. The fraction of sp³-hybridized carbons (Fsp3) is 0.429. The lowest BCUT2D eigenvalue weighted by molar-refractivity contribution is -0.163. The van der Waals surface area contributed by atoms with Crippen molar-refractivity contribution in [3.8, 4) is 6.19 Å². The summed E-state index contributed by atoms with van der Waals surface area (Å²) in [5.74, 6) is -7.22. The number of carbonyl (C=O) groups is 1. The van der Waals surface area contributed by atoms with Crippen LogP contribution >= 0.6 is 11.6 Å². The number of alkyl halides is 4. The molecular weight excluding hydrogens is 416 g/mol. The van der Waals surface area contributed by atoms with E-state index in [0.717, 1.165) is 18.2 Å². The maximum Gasteiger partial charge on any atom is 0.383 e. The first kappa shape index (κ1) is 21.2. The van der Waals surface area contributed by atoms with Crippen molar-refractivity contribution in [3.63, 3.8) is 0 Å². The number of carbonyl (C=O) groups excluding carboxylic acids is 1. The summed E-state index contributed by atoms with van der Waals surface area (Å²) < 4.78 is 77.8. The SMILES string of the molecule is N#CN1CC[C@@H](NS(=O)(=O)c2cc(NC(=O)C(F)(F)C(F)F)ccc2Cl)C1. The largest absolute Gasteiger partial charge is 0.383 e. The standard InChI is InChI=1S/C14H13ClF4N4O3S/c15-10-2-1-8(21-13(24)14(18,19)12(16)17)5-11(10)27(25,26)22-9-3-4-23(6-9)7-20/h1-2,5,9,12,22H,3-4,6H2,(H,21,24)/t9-/m1/s1. The van der Waals surface area contributed by atoms with Gasteiger partial charge in [-0.1, -0.05) is 11.6 Å². The molecule has 7 nitrogen and oxygen atoms in total. The Morgan fingerprint density at radius 3 is 2.63 bits per heavy atom. The van der Waals surface area contributed by atoms with Crippen molar-refractivity contribution in [2.45, 2.75) is 29.7 Å². The van der Waals surface area contributed by atoms with Gasteiger partial charge < -0.3 is 10.2 Å². The molecule has 0 aromatic heterocycles. The molecule has 0 spiro atoms.